The van der Waals surface area contributed by atoms with Crippen LogP contribution in [0.2, 0.25) is 0 Å². The van der Waals surface area contributed by atoms with Crippen molar-refractivity contribution in [2.24, 2.45) is 10.8 Å². The number of ketones is 2. The predicted molar refractivity (Wildman–Crippen MR) is 63.9 cm³/mol. The minimum Gasteiger partial charge on any atom is -0.498 e. The van der Waals surface area contributed by atoms with Crippen molar-refractivity contribution in [1.82, 2.24) is 0 Å². The number of carbonyl (C=O) groups is 3. The fourth-order valence-electron chi connectivity index (χ4n) is 2.30. The Morgan fingerprint density at radius 3 is 2.39 bits per heavy atom. The summed E-state index contributed by atoms with van der Waals surface area (Å²) in [5, 5.41) is 8.94. The van der Waals surface area contributed by atoms with E-state index in [2.05, 4.69) is 0 Å². The van der Waals surface area contributed by atoms with Gasteiger partial charge in [-0.3, -0.25) is 9.59 Å². The number of hydrogen-bond donors (Lipinski definition) is 1. The molecular weight excluding hydrogens is 236 g/mol. The molecule has 0 saturated heterocycles. The lowest BCUT2D eigenvalue weighted by atomic mass is 9.61. The largest absolute Gasteiger partial charge is 0.498 e. The molecule has 0 aromatic rings. The third-order valence-corrected chi connectivity index (χ3v) is 3.34. The summed E-state index contributed by atoms with van der Waals surface area (Å²) in [5.74, 6) is -2.74. The minimum absolute atomic E-state index is 0.0221. The average molecular weight is 254 g/mol. The second kappa shape index (κ2) is 4.55. The highest BCUT2D eigenvalue weighted by Crippen LogP contribution is 2.49. The fourth-order valence-corrected chi connectivity index (χ4v) is 2.30. The van der Waals surface area contributed by atoms with E-state index in [4.69, 9.17) is 9.84 Å². The molecule has 0 bridgehead atoms. The normalized spacial score (nSPS) is 23.8. The molecule has 5 nitrogen and oxygen atoms in total. The first-order valence-electron chi connectivity index (χ1n) is 5.82. The van der Waals surface area contributed by atoms with Crippen molar-refractivity contribution in [3.8, 4) is 0 Å². The van der Waals surface area contributed by atoms with Crippen LogP contribution in [0.3, 0.4) is 0 Å². The topological polar surface area (TPSA) is 80.7 Å². The highest BCUT2D eigenvalue weighted by Gasteiger charge is 2.59. The highest BCUT2D eigenvalue weighted by molar-refractivity contribution is 6.41. The third kappa shape index (κ3) is 2.05. The standard InChI is InChI=1S/C13H18O5/c1-5-18-8-6-9(14)13(7-8,12(2,3)4)10(15)11(16)17/h6H,5,7H2,1-4H3,(H,16,17). The van der Waals surface area contributed by atoms with Crippen LogP contribution in [0.5, 0.6) is 0 Å². The smallest absolute Gasteiger partial charge is 0.373 e. The molecule has 18 heavy (non-hydrogen) atoms. The van der Waals surface area contributed by atoms with Crippen LogP contribution in [0.1, 0.15) is 34.1 Å². The van der Waals surface area contributed by atoms with Crippen molar-refractivity contribution in [3.63, 3.8) is 0 Å². The van der Waals surface area contributed by atoms with Crippen molar-refractivity contribution >= 4 is 17.5 Å². The van der Waals surface area contributed by atoms with E-state index in [1.54, 1.807) is 27.7 Å². The van der Waals surface area contributed by atoms with E-state index in [1.165, 1.54) is 6.08 Å². The Balaban J connectivity index is 3.24. The Morgan fingerprint density at radius 2 is 2.00 bits per heavy atom. The molecule has 0 amide bonds. The Bertz CT molecular complexity index is 427. The molecule has 0 spiro atoms. The number of rotatable bonds is 4. The number of allylic oxidation sites excluding steroid dienone is 2. The fraction of sp³-hybridized carbons (Fsp3) is 0.615. The van der Waals surface area contributed by atoms with Gasteiger partial charge in [0.15, 0.2) is 5.78 Å². The van der Waals surface area contributed by atoms with Gasteiger partial charge in [0.05, 0.1) is 6.61 Å². The van der Waals surface area contributed by atoms with Crippen molar-refractivity contribution in [3.05, 3.63) is 11.8 Å². The summed E-state index contributed by atoms with van der Waals surface area (Å²) in [4.78, 5) is 35.1. The van der Waals surface area contributed by atoms with Crippen molar-refractivity contribution in [2.45, 2.75) is 34.1 Å². The Hall–Kier alpha value is -1.65. The molecule has 1 aliphatic carbocycles. The molecule has 0 aliphatic heterocycles. The molecule has 0 aromatic carbocycles. The van der Waals surface area contributed by atoms with Gasteiger partial charge in [0.25, 0.3) is 5.78 Å². The third-order valence-electron chi connectivity index (χ3n) is 3.34. The lowest BCUT2D eigenvalue weighted by molar-refractivity contribution is -0.160. The van der Waals surface area contributed by atoms with Gasteiger partial charge in [-0.05, 0) is 12.3 Å². The maximum atomic E-state index is 12.1. The number of carbonyl (C=O) groups excluding carboxylic acids is 2. The number of hydrogen-bond acceptors (Lipinski definition) is 4. The molecule has 0 heterocycles. The quantitative estimate of drug-likeness (QED) is 0.608. The predicted octanol–water partition coefficient (Wildman–Crippen LogP) is 1.57. The number of carboxylic acid groups (broad SMARTS) is 1. The number of ether oxygens (including phenoxy) is 1. The van der Waals surface area contributed by atoms with Crippen LogP contribution in [0, 0.1) is 10.8 Å². The van der Waals surface area contributed by atoms with Crippen LogP contribution in [0.15, 0.2) is 11.8 Å². The number of carboxylic acids is 1. The molecule has 0 radical (unpaired) electrons. The molecule has 0 fully saturated rings. The molecule has 5 heteroatoms. The Kier molecular flexibility index (Phi) is 3.64. The van der Waals surface area contributed by atoms with E-state index in [0.29, 0.717) is 12.4 Å². The second-order valence-corrected chi connectivity index (χ2v) is 5.37. The maximum Gasteiger partial charge on any atom is 0.373 e. The van der Waals surface area contributed by atoms with Crippen LogP contribution >= 0.6 is 0 Å². The van der Waals surface area contributed by atoms with E-state index < -0.39 is 28.4 Å². The summed E-state index contributed by atoms with van der Waals surface area (Å²) >= 11 is 0. The van der Waals surface area contributed by atoms with Gasteiger partial charge in [-0.15, -0.1) is 0 Å². The molecular formula is C13H18O5. The summed E-state index contributed by atoms with van der Waals surface area (Å²) in [7, 11) is 0. The summed E-state index contributed by atoms with van der Waals surface area (Å²) in [5.41, 5.74) is -2.34. The lowest BCUT2D eigenvalue weighted by Gasteiger charge is -2.37. The van der Waals surface area contributed by atoms with E-state index in [-0.39, 0.29) is 6.42 Å². The zero-order chi connectivity index (χ0) is 14.1. The first kappa shape index (κ1) is 14.4. The van der Waals surface area contributed by atoms with Crippen LogP contribution in [0.4, 0.5) is 0 Å². The molecule has 1 aliphatic rings. The van der Waals surface area contributed by atoms with Gasteiger partial charge in [0.1, 0.15) is 11.2 Å². The highest BCUT2D eigenvalue weighted by atomic mass is 16.5. The first-order valence-corrected chi connectivity index (χ1v) is 5.82. The van der Waals surface area contributed by atoms with Gasteiger partial charge in [0, 0.05) is 12.5 Å². The van der Waals surface area contributed by atoms with Gasteiger partial charge in [-0.1, -0.05) is 20.8 Å². The van der Waals surface area contributed by atoms with Crippen LogP contribution in [-0.4, -0.2) is 29.2 Å². The molecule has 1 N–H and O–H groups in total. The van der Waals surface area contributed by atoms with Crippen LogP contribution in [-0.2, 0) is 19.1 Å². The molecule has 0 saturated carbocycles. The molecule has 1 unspecified atom stereocenters. The molecule has 1 rings (SSSR count). The first-order chi connectivity index (χ1) is 8.16. The Morgan fingerprint density at radius 1 is 1.44 bits per heavy atom. The SMILES string of the molecule is CCOC1=CC(=O)C(C(=O)C(=O)O)(C(C)(C)C)C1. The zero-order valence-electron chi connectivity index (χ0n) is 11.1. The van der Waals surface area contributed by atoms with Crippen molar-refractivity contribution < 1.29 is 24.2 Å². The zero-order valence-corrected chi connectivity index (χ0v) is 11.1. The van der Waals surface area contributed by atoms with Gasteiger partial charge in [-0.25, -0.2) is 4.79 Å². The summed E-state index contributed by atoms with van der Waals surface area (Å²) < 4.78 is 5.25. The van der Waals surface area contributed by atoms with E-state index in [1.807, 2.05) is 0 Å². The molecule has 100 valence electrons. The van der Waals surface area contributed by atoms with Gasteiger partial charge in [-0.2, -0.15) is 0 Å². The summed E-state index contributed by atoms with van der Waals surface area (Å²) in [6.07, 6.45) is 1.27. The molecule has 0 aromatic heterocycles. The lowest BCUT2D eigenvalue weighted by Crippen LogP contribution is -2.49. The van der Waals surface area contributed by atoms with Gasteiger partial charge < -0.3 is 9.84 Å². The van der Waals surface area contributed by atoms with E-state index in [0.717, 1.165) is 0 Å². The Labute approximate surface area is 106 Å². The minimum atomic E-state index is -1.58. The van der Waals surface area contributed by atoms with Gasteiger partial charge >= 0.3 is 5.97 Å². The maximum absolute atomic E-state index is 12.1. The summed E-state index contributed by atoms with van der Waals surface area (Å²) in [6.45, 7) is 7.21. The van der Waals surface area contributed by atoms with E-state index in [9.17, 15) is 14.4 Å². The van der Waals surface area contributed by atoms with Crippen LogP contribution in [0.25, 0.3) is 0 Å². The monoisotopic (exact) mass is 254 g/mol. The molecule has 1 atom stereocenters. The van der Waals surface area contributed by atoms with Gasteiger partial charge in [0.2, 0.25) is 0 Å². The number of Topliss-reactive ketones (excluding diaryl/α,β-unsaturated/α-hetero) is 1. The second-order valence-electron chi connectivity index (χ2n) is 5.37. The van der Waals surface area contributed by atoms with Crippen molar-refractivity contribution in [1.29, 1.82) is 0 Å². The summed E-state index contributed by atoms with van der Waals surface area (Å²) in [6, 6.07) is 0. The average Bonchev–Trinajstić information content (AvgIpc) is 2.54. The van der Waals surface area contributed by atoms with E-state index >= 15 is 0 Å². The van der Waals surface area contributed by atoms with Crippen molar-refractivity contribution in [2.75, 3.05) is 6.61 Å². The van der Waals surface area contributed by atoms with Crippen LogP contribution < -0.4 is 0 Å². The number of aliphatic carboxylic acids is 1.